The third kappa shape index (κ3) is 5.96. The average Bonchev–Trinajstić information content (AvgIpc) is 2.96. The van der Waals surface area contributed by atoms with Gasteiger partial charge in [-0.3, -0.25) is 4.79 Å². The van der Waals surface area contributed by atoms with Crippen LogP contribution in [0.4, 0.5) is 4.39 Å². The van der Waals surface area contributed by atoms with E-state index in [2.05, 4.69) is 0 Å². The lowest BCUT2D eigenvalue weighted by Gasteiger charge is -2.39. The summed E-state index contributed by atoms with van der Waals surface area (Å²) in [6.07, 6.45) is -9.37. The van der Waals surface area contributed by atoms with Gasteiger partial charge in [-0.15, -0.1) is 0 Å². The highest BCUT2D eigenvalue weighted by atomic mass is 35.5. The molecular formula is C29H31ClFNO12. The molecule has 0 bridgehead atoms. The van der Waals surface area contributed by atoms with Gasteiger partial charge in [-0.2, -0.15) is 0 Å². The molecule has 2 aromatic carbocycles. The van der Waals surface area contributed by atoms with Crippen molar-refractivity contribution in [3.8, 4) is 11.5 Å². The fourth-order valence-electron chi connectivity index (χ4n) is 5.17. The van der Waals surface area contributed by atoms with E-state index in [0.717, 1.165) is 6.20 Å². The smallest absolute Gasteiger partial charge is 0.341 e. The van der Waals surface area contributed by atoms with Gasteiger partial charge in [0.2, 0.25) is 11.7 Å². The first kappa shape index (κ1) is 33.1. The molecule has 6 N–H and O–H groups in total. The SMILES string of the molecule is COc1c(Cc2cccc(Cl)c2F)cc2c(=O)c(C(=O)O)cn([C@H](CO)C(C)C)c2c1OC1OC(C(=O)O)C(O)C(O)C1O. The van der Waals surface area contributed by atoms with E-state index in [1.807, 2.05) is 0 Å². The maximum absolute atomic E-state index is 15.0. The van der Waals surface area contributed by atoms with Crippen LogP contribution in [0.25, 0.3) is 10.9 Å². The minimum atomic E-state index is -2.04. The van der Waals surface area contributed by atoms with Crippen LogP contribution in [0.1, 0.15) is 41.4 Å². The van der Waals surface area contributed by atoms with E-state index in [0.29, 0.717) is 0 Å². The summed E-state index contributed by atoms with van der Waals surface area (Å²) in [5.74, 6) is -4.91. The summed E-state index contributed by atoms with van der Waals surface area (Å²) in [5.41, 5.74) is -1.62. The van der Waals surface area contributed by atoms with E-state index in [4.69, 9.17) is 25.8 Å². The number of carbonyl (C=O) groups is 2. The first-order valence-electron chi connectivity index (χ1n) is 13.4. The second kappa shape index (κ2) is 13.1. The van der Waals surface area contributed by atoms with Gasteiger partial charge in [0.05, 0.1) is 35.7 Å². The Morgan fingerprint density at radius 3 is 2.34 bits per heavy atom. The molecule has 0 radical (unpaired) electrons. The largest absolute Gasteiger partial charge is 0.492 e. The Balaban J connectivity index is 2.09. The number of rotatable bonds is 10. The Morgan fingerprint density at radius 2 is 1.77 bits per heavy atom. The van der Waals surface area contributed by atoms with Crippen molar-refractivity contribution < 1.29 is 58.8 Å². The van der Waals surface area contributed by atoms with Crippen molar-refractivity contribution in [1.82, 2.24) is 4.57 Å². The van der Waals surface area contributed by atoms with Crippen LogP contribution in [-0.2, 0) is 16.0 Å². The lowest BCUT2D eigenvalue weighted by Crippen LogP contribution is -2.61. The maximum atomic E-state index is 15.0. The zero-order valence-electron chi connectivity index (χ0n) is 23.7. The Bertz CT molecular complexity index is 1640. The molecule has 3 aromatic rings. The number of halogens is 2. The first-order chi connectivity index (χ1) is 20.7. The first-order valence-corrected chi connectivity index (χ1v) is 13.8. The topological polar surface area (TPSA) is 205 Å². The molecule has 15 heteroatoms. The van der Waals surface area contributed by atoms with Crippen molar-refractivity contribution >= 4 is 34.4 Å². The van der Waals surface area contributed by atoms with Gasteiger partial charge in [0.25, 0.3) is 0 Å². The maximum Gasteiger partial charge on any atom is 0.341 e. The number of hydrogen-bond acceptors (Lipinski definition) is 10. The number of carboxylic acids is 2. The highest BCUT2D eigenvalue weighted by Crippen LogP contribution is 2.43. The number of nitrogens with zero attached hydrogens (tertiary/aromatic N) is 1. The van der Waals surface area contributed by atoms with Crippen LogP contribution >= 0.6 is 11.6 Å². The summed E-state index contributed by atoms with van der Waals surface area (Å²) in [6, 6.07) is 4.65. The molecule has 0 saturated carbocycles. The minimum absolute atomic E-state index is 0.0599. The van der Waals surface area contributed by atoms with E-state index in [9.17, 15) is 49.4 Å². The third-order valence-corrected chi connectivity index (χ3v) is 7.80. The van der Waals surface area contributed by atoms with Crippen LogP contribution in [-0.4, -0.2) is 91.6 Å². The fraction of sp³-hybridized carbons (Fsp3) is 0.414. The predicted octanol–water partition coefficient (Wildman–Crippen LogP) is 1.55. The summed E-state index contributed by atoms with van der Waals surface area (Å²) in [5, 5.41) is 60.5. The normalized spacial score (nSPS) is 22.6. The molecule has 6 atom stereocenters. The van der Waals surface area contributed by atoms with Gasteiger partial charge in [0, 0.05) is 18.2 Å². The number of pyridine rings is 1. The van der Waals surface area contributed by atoms with Crippen LogP contribution in [0.5, 0.6) is 11.5 Å². The van der Waals surface area contributed by atoms with Crippen LogP contribution in [0.15, 0.2) is 35.3 Å². The highest BCUT2D eigenvalue weighted by molar-refractivity contribution is 6.30. The molecule has 1 fully saturated rings. The zero-order chi connectivity index (χ0) is 32.6. The number of aliphatic hydroxyl groups is 4. The van der Waals surface area contributed by atoms with E-state index in [1.54, 1.807) is 13.8 Å². The molecule has 13 nitrogen and oxygen atoms in total. The molecular weight excluding hydrogens is 609 g/mol. The quantitative estimate of drug-likeness (QED) is 0.187. The summed E-state index contributed by atoms with van der Waals surface area (Å²) < 4.78 is 33.2. The molecule has 0 amide bonds. The standard InChI is InChI=1S/C29H31ClFNO12/c1-11(2)17(10-33)32-9-15(27(38)39)20(34)14-8-13(7-12-5-4-6-16(30)18(12)31)24(42-3)25(19(14)32)43-29-23(37)21(35)22(36)26(44-29)28(40)41/h4-6,8-9,11,17,21-23,26,29,33,35-37H,7,10H2,1-3H3,(H,38,39)(H,40,41)/t17-,21?,22?,23?,26?,29?/m1/s1. The van der Waals surface area contributed by atoms with Gasteiger partial charge in [0.1, 0.15) is 29.7 Å². The Labute approximate surface area is 254 Å². The van der Waals surface area contributed by atoms with Crippen molar-refractivity contribution in [2.24, 2.45) is 5.92 Å². The summed E-state index contributed by atoms with van der Waals surface area (Å²) >= 11 is 5.96. The van der Waals surface area contributed by atoms with Gasteiger partial charge >= 0.3 is 11.9 Å². The third-order valence-electron chi connectivity index (χ3n) is 7.51. The number of fused-ring (bicyclic) bond motifs is 1. The van der Waals surface area contributed by atoms with Gasteiger partial charge in [0.15, 0.2) is 17.6 Å². The van der Waals surface area contributed by atoms with Gasteiger partial charge < -0.3 is 49.4 Å². The van der Waals surface area contributed by atoms with E-state index >= 15 is 0 Å². The number of aromatic nitrogens is 1. The number of methoxy groups -OCH3 is 1. The molecule has 1 aliphatic heterocycles. The van der Waals surface area contributed by atoms with Crippen LogP contribution < -0.4 is 14.9 Å². The number of aliphatic carboxylic acids is 1. The Morgan fingerprint density at radius 1 is 1.09 bits per heavy atom. The second-order valence-corrected chi connectivity index (χ2v) is 11.0. The number of hydrogen-bond donors (Lipinski definition) is 6. The monoisotopic (exact) mass is 639 g/mol. The van der Waals surface area contributed by atoms with E-state index in [1.165, 1.54) is 35.9 Å². The molecule has 4 rings (SSSR count). The van der Waals surface area contributed by atoms with Crippen molar-refractivity contribution in [2.75, 3.05) is 13.7 Å². The second-order valence-electron chi connectivity index (χ2n) is 10.6. The van der Waals surface area contributed by atoms with Gasteiger partial charge in [-0.1, -0.05) is 37.6 Å². The van der Waals surface area contributed by atoms with Crippen LogP contribution in [0.2, 0.25) is 5.02 Å². The molecule has 0 aliphatic carbocycles. The summed E-state index contributed by atoms with van der Waals surface area (Å²) in [7, 11) is 1.21. The van der Waals surface area contributed by atoms with Crippen LogP contribution in [0.3, 0.4) is 0 Å². The Kier molecular flexibility index (Phi) is 9.83. The summed E-state index contributed by atoms with van der Waals surface area (Å²) in [6.45, 7) is 2.92. The van der Waals surface area contributed by atoms with Crippen molar-refractivity contribution in [1.29, 1.82) is 0 Å². The fourth-order valence-corrected chi connectivity index (χ4v) is 5.37. The Hall–Kier alpha value is -3.79. The highest BCUT2D eigenvalue weighted by Gasteiger charge is 2.48. The van der Waals surface area contributed by atoms with E-state index < -0.39 is 72.1 Å². The zero-order valence-corrected chi connectivity index (χ0v) is 24.4. The van der Waals surface area contributed by atoms with Crippen LogP contribution in [0, 0.1) is 11.7 Å². The molecule has 0 spiro atoms. The summed E-state index contributed by atoms with van der Waals surface area (Å²) in [4.78, 5) is 37.5. The number of aliphatic hydroxyl groups excluding tert-OH is 4. The van der Waals surface area contributed by atoms with Gasteiger partial charge in [-0.05, 0) is 23.6 Å². The minimum Gasteiger partial charge on any atom is -0.492 e. The van der Waals surface area contributed by atoms with Crippen molar-refractivity contribution in [2.45, 2.75) is 57.0 Å². The molecule has 1 saturated heterocycles. The van der Waals surface area contributed by atoms with E-state index in [-0.39, 0.29) is 50.9 Å². The molecule has 5 unspecified atom stereocenters. The molecule has 2 heterocycles. The number of carboxylic acid groups (broad SMARTS) is 2. The number of benzene rings is 2. The lowest BCUT2D eigenvalue weighted by molar-refractivity contribution is -0.271. The number of ether oxygens (including phenoxy) is 3. The molecule has 44 heavy (non-hydrogen) atoms. The van der Waals surface area contributed by atoms with Gasteiger partial charge in [-0.25, -0.2) is 14.0 Å². The van der Waals surface area contributed by atoms with Crippen molar-refractivity contribution in [3.63, 3.8) is 0 Å². The molecule has 1 aromatic heterocycles. The molecule has 238 valence electrons. The average molecular weight is 640 g/mol. The number of aromatic carboxylic acids is 1. The molecule has 1 aliphatic rings. The predicted molar refractivity (Wildman–Crippen MR) is 152 cm³/mol. The van der Waals surface area contributed by atoms with Crippen molar-refractivity contribution in [3.05, 3.63) is 68.2 Å². The lowest BCUT2D eigenvalue weighted by atomic mass is 9.97.